The summed E-state index contributed by atoms with van der Waals surface area (Å²) in [5, 5.41) is 0.223. The van der Waals surface area contributed by atoms with Crippen molar-refractivity contribution in [3.8, 4) is 0 Å². The second-order valence-electron chi connectivity index (χ2n) is 5.66. The molecule has 124 valence electrons. The fraction of sp³-hybridized carbons (Fsp3) is 0.400. The van der Waals surface area contributed by atoms with Gasteiger partial charge in [-0.15, -0.1) is 0 Å². The van der Waals surface area contributed by atoms with Gasteiger partial charge in [-0.25, -0.2) is 9.18 Å². The monoisotopic (exact) mass is 338 g/mol. The Labute approximate surface area is 138 Å². The maximum atomic E-state index is 14.3. The molecule has 0 radical (unpaired) electrons. The zero-order chi connectivity index (χ0) is 17.3. The number of urea groups is 1. The summed E-state index contributed by atoms with van der Waals surface area (Å²) in [6.07, 6.45) is 0. The number of hydrogen-bond acceptors (Lipinski definition) is 4. The Hall–Kier alpha value is -2.09. The number of amides is 3. The summed E-state index contributed by atoms with van der Waals surface area (Å²) < 4.78 is 14.3. The van der Waals surface area contributed by atoms with Gasteiger partial charge in [0, 0.05) is 14.1 Å². The minimum absolute atomic E-state index is 0.0102. The fourth-order valence-corrected chi connectivity index (χ4v) is 3.21. The number of nitrogens with zero attached hydrogens (tertiary/aromatic N) is 3. The molecule has 0 atom stereocenters. The van der Waals surface area contributed by atoms with E-state index in [1.165, 1.54) is 11.0 Å². The average molecular weight is 338 g/mol. The summed E-state index contributed by atoms with van der Waals surface area (Å²) in [5.74, 6) is -0.425. The topological polar surface area (TPSA) is 79.0 Å². The van der Waals surface area contributed by atoms with Crippen LogP contribution >= 0.6 is 11.8 Å². The molecule has 0 saturated carbocycles. The molecule has 23 heavy (non-hydrogen) atoms. The summed E-state index contributed by atoms with van der Waals surface area (Å²) >= 11 is 1.14. The molecule has 0 aromatic heterocycles. The van der Waals surface area contributed by atoms with Crippen LogP contribution in [-0.4, -0.2) is 37.0 Å². The minimum atomic E-state index is -0.867. The van der Waals surface area contributed by atoms with Crippen LogP contribution in [0.15, 0.2) is 17.1 Å². The summed E-state index contributed by atoms with van der Waals surface area (Å²) in [7, 11) is 3.44. The molecule has 0 spiro atoms. The van der Waals surface area contributed by atoms with Crippen molar-refractivity contribution in [3.63, 3.8) is 0 Å². The van der Waals surface area contributed by atoms with Crippen LogP contribution in [0.25, 0.3) is 0 Å². The van der Waals surface area contributed by atoms with E-state index in [4.69, 9.17) is 5.73 Å². The lowest BCUT2D eigenvalue weighted by molar-refractivity contribution is -0.115. The largest absolute Gasteiger partial charge is 0.375 e. The third kappa shape index (κ3) is 3.47. The molecule has 1 aromatic carbocycles. The Balaban J connectivity index is 2.66. The normalized spacial score (nSPS) is 16.5. The first-order valence-corrected chi connectivity index (χ1v) is 8.05. The van der Waals surface area contributed by atoms with Crippen LogP contribution in [0.5, 0.6) is 0 Å². The Morgan fingerprint density at radius 3 is 2.61 bits per heavy atom. The van der Waals surface area contributed by atoms with Gasteiger partial charge < -0.3 is 10.6 Å². The molecule has 2 N–H and O–H groups in total. The van der Waals surface area contributed by atoms with E-state index < -0.39 is 6.03 Å². The van der Waals surface area contributed by atoms with Gasteiger partial charge in [-0.1, -0.05) is 25.6 Å². The van der Waals surface area contributed by atoms with E-state index in [1.54, 1.807) is 25.1 Å². The lowest BCUT2D eigenvalue weighted by Gasteiger charge is -2.24. The molecule has 0 aliphatic carbocycles. The van der Waals surface area contributed by atoms with Gasteiger partial charge in [-0.05, 0) is 23.6 Å². The van der Waals surface area contributed by atoms with Gasteiger partial charge in [0.15, 0.2) is 5.17 Å². The molecule has 0 bridgehead atoms. The number of nitrogens with two attached hydrogens (primary N) is 1. The Morgan fingerprint density at radius 1 is 1.43 bits per heavy atom. The van der Waals surface area contributed by atoms with Crippen molar-refractivity contribution in [2.45, 2.75) is 19.8 Å². The van der Waals surface area contributed by atoms with Gasteiger partial charge in [-0.3, -0.25) is 9.69 Å². The highest BCUT2D eigenvalue weighted by Crippen LogP contribution is 2.37. The first-order chi connectivity index (χ1) is 10.7. The molecular weight excluding hydrogens is 319 g/mol. The molecule has 1 aromatic rings. The van der Waals surface area contributed by atoms with Crippen LogP contribution in [0.2, 0.25) is 0 Å². The van der Waals surface area contributed by atoms with Crippen LogP contribution in [0.3, 0.4) is 0 Å². The highest BCUT2D eigenvalue weighted by atomic mass is 32.2. The number of anilines is 2. The first-order valence-electron chi connectivity index (χ1n) is 7.07. The second kappa shape index (κ2) is 6.57. The molecule has 1 heterocycles. The predicted octanol–water partition coefficient (Wildman–Crippen LogP) is 2.53. The quantitative estimate of drug-likeness (QED) is 0.918. The molecular formula is C15H19FN4O2S. The number of aliphatic imine (C=N–C) groups is 1. The van der Waals surface area contributed by atoms with Crippen LogP contribution in [0, 0.1) is 5.82 Å². The SMILES string of the molecule is CC(C)c1cc(F)c(N(C)C)cc1N1C(=O)CSC1=NC(N)=O. The van der Waals surface area contributed by atoms with Crippen molar-refractivity contribution in [3.05, 3.63) is 23.5 Å². The van der Waals surface area contributed by atoms with E-state index in [9.17, 15) is 14.0 Å². The molecule has 0 unspecified atom stereocenters. The number of amidine groups is 1. The second-order valence-corrected chi connectivity index (χ2v) is 6.60. The van der Waals surface area contributed by atoms with Gasteiger partial charge in [0.2, 0.25) is 5.91 Å². The van der Waals surface area contributed by atoms with Gasteiger partial charge >= 0.3 is 6.03 Å². The van der Waals surface area contributed by atoms with Crippen molar-refractivity contribution in [2.75, 3.05) is 29.6 Å². The van der Waals surface area contributed by atoms with Crippen molar-refractivity contribution in [1.29, 1.82) is 0 Å². The zero-order valence-corrected chi connectivity index (χ0v) is 14.3. The summed E-state index contributed by atoms with van der Waals surface area (Å²) in [6, 6.07) is 2.16. The van der Waals surface area contributed by atoms with Gasteiger partial charge in [-0.2, -0.15) is 4.99 Å². The van der Waals surface area contributed by atoms with Crippen molar-refractivity contribution >= 4 is 40.2 Å². The standard InChI is InChI=1S/C15H19FN4O2S/c1-8(2)9-5-10(16)12(19(3)4)6-11(9)20-13(21)7-23-15(20)18-14(17)22/h5-6,8H,7H2,1-4H3,(H2,17,22). The third-order valence-electron chi connectivity index (χ3n) is 3.41. The fourth-order valence-electron chi connectivity index (χ4n) is 2.34. The van der Waals surface area contributed by atoms with Crippen LogP contribution < -0.4 is 15.5 Å². The van der Waals surface area contributed by atoms with Gasteiger partial charge in [0.05, 0.1) is 17.1 Å². The van der Waals surface area contributed by atoms with Crippen LogP contribution in [-0.2, 0) is 4.79 Å². The number of primary amides is 1. The average Bonchev–Trinajstić information content (AvgIpc) is 2.78. The van der Waals surface area contributed by atoms with Gasteiger partial charge in [0.1, 0.15) is 5.82 Å². The molecule has 1 saturated heterocycles. The Bertz CT molecular complexity index is 688. The van der Waals surface area contributed by atoms with E-state index in [0.29, 0.717) is 16.9 Å². The highest BCUT2D eigenvalue weighted by molar-refractivity contribution is 8.15. The lowest BCUT2D eigenvalue weighted by atomic mass is 9.99. The predicted molar refractivity (Wildman–Crippen MR) is 91.8 cm³/mol. The smallest absolute Gasteiger partial charge is 0.340 e. The number of hydrogen-bond donors (Lipinski definition) is 1. The minimum Gasteiger partial charge on any atom is -0.375 e. The molecule has 1 aliphatic rings. The number of carbonyl (C=O) groups excluding carboxylic acids is 2. The maximum absolute atomic E-state index is 14.3. The lowest BCUT2D eigenvalue weighted by Crippen LogP contribution is -2.32. The molecule has 8 heteroatoms. The van der Waals surface area contributed by atoms with Crippen LogP contribution in [0.1, 0.15) is 25.3 Å². The molecule has 1 aliphatic heterocycles. The van der Waals surface area contributed by atoms with E-state index in [1.807, 2.05) is 13.8 Å². The summed E-state index contributed by atoms with van der Waals surface area (Å²) in [6.45, 7) is 3.82. The number of halogens is 1. The zero-order valence-electron chi connectivity index (χ0n) is 13.5. The summed E-state index contributed by atoms with van der Waals surface area (Å²) in [5.41, 5.74) is 6.66. The number of thioether (sulfide) groups is 1. The van der Waals surface area contributed by atoms with E-state index in [0.717, 1.165) is 11.8 Å². The number of rotatable bonds is 3. The summed E-state index contributed by atoms with van der Waals surface area (Å²) in [4.78, 5) is 30.0. The van der Waals surface area contributed by atoms with Gasteiger partial charge in [0.25, 0.3) is 0 Å². The maximum Gasteiger partial charge on any atom is 0.340 e. The Morgan fingerprint density at radius 2 is 2.09 bits per heavy atom. The van der Waals surface area contributed by atoms with E-state index >= 15 is 0 Å². The van der Waals surface area contributed by atoms with Crippen LogP contribution in [0.4, 0.5) is 20.6 Å². The number of carbonyl (C=O) groups is 2. The molecule has 3 amide bonds. The highest BCUT2D eigenvalue weighted by Gasteiger charge is 2.33. The first kappa shape index (κ1) is 17.3. The van der Waals surface area contributed by atoms with Crippen molar-refractivity contribution in [1.82, 2.24) is 0 Å². The Kier molecular flexibility index (Phi) is 4.93. The van der Waals surface area contributed by atoms with Crippen molar-refractivity contribution in [2.24, 2.45) is 10.7 Å². The van der Waals surface area contributed by atoms with E-state index in [2.05, 4.69) is 4.99 Å². The molecule has 2 rings (SSSR count). The molecule has 1 fully saturated rings. The van der Waals surface area contributed by atoms with E-state index in [-0.39, 0.29) is 28.6 Å². The number of benzene rings is 1. The van der Waals surface area contributed by atoms with Crippen molar-refractivity contribution < 1.29 is 14.0 Å². The molecule has 6 nitrogen and oxygen atoms in total. The third-order valence-corrected chi connectivity index (χ3v) is 4.34.